The normalized spacial score (nSPS) is 22.2. The number of carbonyl (C=O) groups is 1. The van der Waals surface area contributed by atoms with Crippen molar-refractivity contribution in [3.63, 3.8) is 0 Å². The Balaban J connectivity index is 1.47. The first-order valence-corrected chi connectivity index (χ1v) is 9.24. The lowest BCUT2D eigenvalue weighted by atomic mass is 9.96. The second-order valence-electron chi connectivity index (χ2n) is 7.05. The number of pyridine rings is 1. The van der Waals surface area contributed by atoms with Crippen LogP contribution in [0.15, 0.2) is 36.5 Å². The van der Waals surface area contributed by atoms with Gasteiger partial charge in [0.2, 0.25) is 0 Å². The number of piperidine rings is 1. The Morgan fingerprint density at radius 3 is 2.92 bits per heavy atom. The van der Waals surface area contributed by atoms with Crippen LogP contribution in [0.4, 0.5) is 0 Å². The van der Waals surface area contributed by atoms with Crippen molar-refractivity contribution in [3.05, 3.63) is 42.1 Å². The van der Waals surface area contributed by atoms with Gasteiger partial charge in [0, 0.05) is 49.9 Å². The molecule has 3 heterocycles. The summed E-state index contributed by atoms with van der Waals surface area (Å²) >= 11 is 0. The molecule has 2 aliphatic heterocycles. The molecule has 0 N–H and O–H groups in total. The van der Waals surface area contributed by atoms with Gasteiger partial charge >= 0.3 is 0 Å². The quantitative estimate of drug-likeness (QED) is 0.862. The van der Waals surface area contributed by atoms with Crippen LogP contribution in [-0.2, 0) is 4.74 Å². The highest BCUT2D eigenvalue weighted by Gasteiger charge is 2.27. The number of likely N-dealkylation sites (tertiary alicyclic amines) is 1. The molecule has 1 aromatic carbocycles. The fourth-order valence-electron chi connectivity index (χ4n) is 4.01. The molecule has 0 unspecified atom stereocenters. The lowest BCUT2D eigenvalue weighted by Crippen LogP contribution is -2.46. The second kappa shape index (κ2) is 7.50. The van der Waals surface area contributed by atoms with Crippen LogP contribution in [-0.4, -0.2) is 66.6 Å². The van der Waals surface area contributed by atoms with Gasteiger partial charge in [0.1, 0.15) is 0 Å². The van der Waals surface area contributed by atoms with Gasteiger partial charge in [-0.1, -0.05) is 12.1 Å². The summed E-state index contributed by atoms with van der Waals surface area (Å²) in [5.41, 5.74) is 1.66. The number of benzene rings is 1. The molecular formula is C20H25N3O2. The van der Waals surface area contributed by atoms with Gasteiger partial charge in [-0.25, -0.2) is 0 Å². The smallest absolute Gasteiger partial charge is 0.254 e. The predicted molar refractivity (Wildman–Crippen MR) is 97.6 cm³/mol. The van der Waals surface area contributed by atoms with Crippen LogP contribution in [0.5, 0.6) is 0 Å². The molecule has 1 atom stereocenters. The lowest BCUT2D eigenvalue weighted by Gasteiger charge is -2.37. The number of fused-ring (bicyclic) bond motifs is 1. The number of aromatic nitrogens is 1. The van der Waals surface area contributed by atoms with E-state index in [2.05, 4.69) is 9.88 Å². The van der Waals surface area contributed by atoms with Gasteiger partial charge in [-0.15, -0.1) is 0 Å². The summed E-state index contributed by atoms with van der Waals surface area (Å²) < 4.78 is 5.43. The van der Waals surface area contributed by atoms with Crippen molar-refractivity contribution in [2.45, 2.75) is 12.8 Å². The number of hydrogen-bond acceptors (Lipinski definition) is 4. The number of nitrogens with zero attached hydrogens (tertiary/aromatic N) is 3. The zero-order chi connectivity index (χ0) is 17.1. The molecule has 132 valence electrons. The lowest BCUT2D eigenvalue weighted by molar-refractivity contribution is 0.0224. The van der Waals surface area contributed by atoms with Crippen molar-refractivity contribution in [1.82, 2.24) is 14.8 Å². The van der Waals surface area contributed by atoms with Gasteiger partial charge < -0.3 is 9.64 Å². The Morgan fingerprint density at radius 2 is 2.04 bits per heavy atom. The van der Waals surface area contributed by atoms with Crippen LogP contribution in [0.1, 0.15) is 23.2 Å². The first-order chi connectivity index (χ1) is 12.3. The van der Waals surface area contributed by atoms with Gasteiger partial charge in [-0.05, 0) is 37.0 Å². The molecule has 0 radical (unpaired) electrons. The second-order valence-corrected chi connectivity index (χ2v) is 7.05. The highest BCUT2D eigenvalue weighted by molar-refractivity contribution is 6.06. The number of ether oxygens (including phenoxy) is 1. The fraction of sp³-hybridized carbons (Fsp3) is 0.500. The van der Waals surface area contributed by atoms with Crippen molar-refractivity contribution >= 4 is 16.8 Å². The van der Waals surface area contributed by atoms with Gasteiger partial charge in [0.25, 0.3) is 5.91 Å². The Morgan fingerprint density at radius 1 is 1.16 bits per heavy atom. The number of amides is 1. The van der Waals surface area contributed by atoms with Crippen LogP contribution in [0.2, 0.25) is 0 Å². The van der Waals surface area contributed by atoms with E-state index >= 15 is 0 Å². The Kier molecular flexibility index (Phi) is 4.95. The molecule has 2 aliphatic rings. The minimum Gasteiger partial charge on any atom is -0.379 e. The topological polar surface area (TPSA) is 45.7 Å². The summed E-state index contributed by atoms with van der Waals surface area (Å²) in [7, 11) is 0. The fourth-order valence-corrected chi connectivity index (χ4v) is 4.01. The highest BCUT2D eigenvalue weighted by Crippen LogP contribution is 2.23. The molecule has 1 aromatic heterocycles. The Bertz CT molecular complexity index is 737. The Hall–Kier alpha value is -1.98. The molecule has 0 aliphatic carbocycles. The zero-order valence-electron chi connectivity index (χ0n) is 14.6. The van der Waals surface area contributed by atoms with Crippen molar-refractivity contribution in [2.75, 3.05) is 45.9 Å². The first-order valence-electron chi connectivity index (χ1n) is 9.24. The van der Waals surface area contributed by atoms with Crippen LogP contribution in [0.3, 0.4) is 0 Å². The predicted octanol–water partition coefficient (Wildman–Crippen LogP) is 2.42. The zero-order valence-corrected chi connectivity index (χ0v) is 14.6. The molecule has 2 aromatic rings. The van der Waals surface area contributed by atoms with E-state index in [-0.39, 0.29) is 5.91 Å². The van der Waals surface area contributed by atoms with E-state index in [4.69, 9.17) is 4.74 Å². The maximum atomic E-state index is 13.1. The third-order valence-corrected chi connectivity index (χ3v) is 5.30. The summed E-state index contributed by atoms with van der Waals surface area (Å²) in [6.07, 6.45) is 4.07. The number of carbonyl (C=O) groups excluding carboxylic acids is 1. The standard InChI is InChI=1S/C20H25N3O2/c24-20(18-5-1-7-19-17(18)6-2-8-21-19)23-9-3-4-16(15-23)14-22-10-12-25-13-11-22/h1-2,5-8,16H,3-4,9-15H2/t16-/m1/s1. The van der Waals surface area contributed by atoms with E-state index in [1.54, 1.807) is 6.20 Å². The average Bonchev–Trinajstić information content (AvgIpc) is 2.68. The molecular weight excluding hydrogens is 314 g/mol. The van der Waals surface area contributed by atoms with Crippen LogP contribution >= 0.6 is 0 Å². The summed E-state index contributed by atoms with van der Waals surface area (Å²) in [6.45, 7) is 6.47. The van der Waals surface area contributed by atoms with Gasteiger partial charge in [0.15, 0.2) is 0 Å². The van der Waals surface area contributed by atoms with Crippen molar-refractivity contribution in [2.24, 2.45) is 5.92 Å². The van der Waals surface area contributed by atoms with Crippen LogP contribution in [0.25, 0.3) is 10.9 Å². The summed E-state index contributed by atoms with van der Waals surface area (Å²) in [6, 6.07) is 9.71. The maximum absolute atomic E-state index is 13.1. The van der Waals surface area contributed by atoms with E-state index < -0.39 is 0 Å². The van der Waals surface area contributed by atoms with Crippen molar-refractivity contribution in [3.8, 4) is 0 Å². The molecule has 5 heteroatoms. The van der Waals surface area contributed by atoms with E-state index in [0.717, 1.165) is 68.8 Å². The molecule has 4 rings (SSSR count). The van der Waals surface area contributed by atoms with Crippen LogP contribution < -0.4 is 0 Å². The molecule has 0 bridgehead atoms. The third kappa shape index (κ3) is 3.67. The minimum atomic E-state index is 0.144. The molecule has 0 spiro atoms. The summed E-state index contributed by atoms with van der Waals surface area (Å²) in [4.78, 5) is 22.0. The van der Waals surface area contributed by atoms with Crippen LogP contribution in [0, 0.1) is 5.92 Å². The monoisotopic (exact) mass is 339 g/mol. The van der Waals surface area contributed by atoms with Gasteiger partial charge in [0.05, 0.1) is 18.7 Å². The molecule has 2 saturated heterocycles. The largest absolute Gasteiger partial charge is 0.379 e. The summed E-state index contributed by atoms with van der Waals surface area (Å²) in [5.74, 6) is 0.703. The summed E-state index contributed by atoms with van der Waals surface area (Å²) in [5, 5.41) is 0.949. The van der Waals surface area contributed by atoms with E-state index in [1.165, 1.54) is 6.42 Å². The number of rotatable bonds is 3. The molecule has 25 heavy (non-hydrogen) atoms. The van der Waals surface area contributed by atoms with Gasteiger partial charge in [-0.2, -0.15) is 0 Å². The molecule has 0 saturated carbocycles. The number of morpholine rings is 1. The van der Waals surface area contributed by atoms with E-state index in [0.29, 0.717) is 5.92 Å². The first kappa shape index (κ1) is 16.5. The minimum absolute atomic E-state index is 0.144. The number of hydrogen-bond donors (Lipinski definition) is 0. The van der Waals surface area contributed by atoms with Crippen molar-refractivity contribution in [1.29, 1.82) is 0 Å². The van der Waals surface area contributed by atoms with E-state index in [9.17, 15) is 4.79 Å². The van der Waals surface area contributed by atoms with Crippen molar-refractivity contribution < 1.29 is 9.53 Å². The average molecular weight is 339 g/mol. The molecule has 2 fully saturated rings. The molecule has 1 amide bonds. The molecule has 5 nitrogen and oxygen atoms in total. The van der Waals surface area contributed by atoms with E-state index in [1.807, 2.05) is 35.2 Å². The SMILES string of the molecule is O=C(c1cccc2ncccc12)N1CCC[C@H](CN2CCOCC2)C1. The maximum Gasteiger partial charge on any atom is 0.254 e. The van der Waals surface area contributed by atoms with Gasteiger partial charge in [-0.3, -0.25) is 14.7 Å². The highest BCUT2D eigenvalue weighted by atomic mass is 16.5. The Labute approximate surface area is 148 Å². The third-order valence-electron chi connectivity index (χ3n) is 5.30.